The number of nitrogens with one attached hydrogen (secondary N) is 1. The fraction of sp³-hybridized carbons (Fsp3) is 0.895. The molecular weight excluding hydrogens is 350 g/mol. The van der Waals surface area contributed by atoms with E-state index in [2.05, 4.69) is 11.1 Å². The molecule has 0 saturated carbocycles. The largest absolute Gasteiger partial charge is 0.382 e. The molecule has 0 bridgehead atoms. The Morgan fingerprint density at radius 2 is 1.74 bits per heavy atom. The average molecular weight is 389 g/mol. The molecule has 1 fully saturated rings. The quantitative estimate of drug-likeness (QED) is 0.361. The van der Waals surface area contributed by atoms with E-state index in [-0.39, 0.29) is 24.5 Å². The van der Waals surface area contributed by atoms with Gasteiger partial charge in [-0.2, -0.15) is 0 Å². The summed E-state index contributed by atoms with van der Waals surface area (Å²) in [4.78, 5) is 26.4. The number of rotatable bonds is 16. The van der Waals surface area contributed by atoms with Crippen molar-refractivity contribution in [3.63, 3.8) is 0 Å². The Labute approximate surface area is 163 Å². The van der Waals surface area contributed by atoms with E-state index in [0.29, 0.717) is 39.5 Å². The number of ether oxygens (including phenoxy) is 3. The van der Waals surface area contributed by atoms with Crippen molar-refractivity contribution in [2.45, 2.75) is 51.0 Å². The molecule has 1 aliphatic rings. The molecule has 8 nitrogen and oxygen atoms in total. The Morgan fingerprint density at radius 3 is 2.52 bits per heavy atom. The Bertz CT molecular complexity index is 373. The van der Waals surface area contributed by atoms with E-state index in [0.717, 1.165) is 32.2 Å². The van der Waals surface area contributed by atoms with Crippen molar-refractivity contribution < 1.29 is 29.5 Å². The summed E-state index contributed by atoms with van der Waals surface area (Å²) in [5.41, 5.74) is 3.84. The van der Waals surface area contributed by atoms with Crippen molar-refractivity contribution in [3.8, 4) is 0 Å². The third-order valence-corrected chi connectivity index (χ3v) is 4.63. The number of hydrogen-bond acceptors (Lipinski definition) is 5. The van der Waals surface area contributed by atoms with Crippen molar-refractivity contribution in [1.82, 2.24) is 10.2 Å². The maximum Gasteiger partial charge on any atom is 0.249 e. The van der Waals surface area contributed by atoms with Crippen LogP contribution in [0.4, 0.5) is 0 Å². The summed E-state index contributed by atoms with van der Waals surface area (Å²) in [5.74, 6) is -0.167. The van der Waals surface area contributed by atoms with Gasteiger partial charge in [0.1, 0.15) is 12.6 Å². The predicted octanol–water partition coefficient (Wildman–Crippen LogP) is -0.0344. The van der Waals surface area contributed by atoms with E-state index in [1.807, 2.05) is 0 Å². The lowest BCUT2D eigenvalue weighted by molar-refractivity contribution is -0.368. The summed E-state index contributed by atoms with van der Waals surface area (Å²) >= 11 is 0. The lowest BCUT2D eigenvalue weighted by Gasteiger charge is -2.24. The van der Waals surface area contributed by atoms with Gasteiger partial charge in [0.05, 0.1) is 33.0 Å². The van der Waals surface area contributed by atoms with Gasteiger partial charge in [-0.1, -0.05) is 12.8 Å². The molecule has 1 rings (SSSR count). The molecule has 0 aromatic rings. The summed E-state index contributed by atoms with van der Waals surface area (Å²) in [6.07, 6.45) is 7.25. The van der Waals surface area contributed by atoms with Crippen LogP contribution >= 0.6 is 0 Å². The SMILES string of the molecule is COCCOCCOCC(=O)N1CCCC1C(=O)NCCCCCCC[NH3+]. The zero-order valence-corrected chi connectivity index (χ0v) is 16.9. The highest BCUT2D eigenvalue weighted by molar-refractivity contribution is 5.88. The minimum atomic E-state index is -0.356. The van der Waals surface area contributed by atoms with E-state index < -0.39 is 0 Å². The molecule has 0 aromatic heterocycles. The predicted molar refractivity (Wildman–Crippen MR) is 102 cm³/mol. The summed E-state index contributed by atoms with van der Waals surface area (Å²) < 4.78 is 15.5. The summed E-state index contributed by atoms with van der Waals surface area (Å²) in [6.45, 7) is 4.12. The van der Waals surface area contributed by atoms with Crippen molar-refractivity contribution in [2.75, 3.05) is 59.8 Å². The van der Waals surface area contributed by atoms with Gasteiger partial charge in [0.25, 0.3) is 0 Å². The summed E-state index contributed by atoms with van der Waals surface area (Å²) in [7, 11) is 1.62. The van der Waals surface area contributed by atoms with Crippen molar-refractivity contribution in [2.24, 2.45) is 0 Å². The molecule has 1 heterocycles. The standard InChI is InChI=1S/C19H37N3O5/c1-25-12-13-26-14-15-27-16-18(23)22-11-7-8-17(22)19(24)21-10-6-4-2-3-5-9-20/h17H,2-16,20H2,1H3,(H,21,24)/p+1. The molecule has 1 atom stereocenters. The number of unbranched alkanes of at least 4 members (excludes halogenated alkanes) is 4. The third kappa shape index (κ3) is 10.6. The fourth-order valence-corrected chi connectivity index (χ4v) is 3.10. The number of likely N-dealkylation sites (tertiary alicyclic amines) is 1. The van der Waals surface area contributed by atoms with Gasteiger partial charge >= 0.3 is 0 Å². The number of methoxy groups -OCH3 is 1. The van der Waals surface area contributed by atoms with Crippen LogP contribution in [0.15, 0.2) is 0 Å². The Morgan fingerprint density at radius 1 is 1.04 bits per heavy atom. The molecule has 1 saturated heterocycles. The van der Waals surface area contributed by atoms with Crippen LogP contribution in [0.5, 0.6) is 0 Å². The van der Waals surface area contributed by atoms with Gasteiger partial charge in [0.2, 0.25) is 11.8 Å². The number of carbonyl (C=O) groups excluding carboxylic acids is 2. The maximum absolute atomic E-state index is 12.4. The summed E-state index contributed by atoms with van der Waals surface area (Å²) in [6, 6.07) is -0.356. The van der Waals surface area contributed by atoms with Crippen LogP contribution in [0.25, 0.3) is 0 Å². The van der Waals surface area contributed by atoms with Gasteiger partial charge in [-0.25, -0.2) is 0 Å². The number of hydrogen-bond donors (Lipinski definition) is 2. The van der Waals surface area contributed by atoms with E-state index in [1.54, 1.807) is 12.0 Å². The molecule has 4 N–H and O–H groups in total. The molecule has 0 aromatic carbocycles. The first-order valence-electron chi connectivity index (χ1n) is 10.2. The highest BCUT2D eigenvalue weighted by Crippen LogP contribution is 2.17. The van der Waals surface area contributed by atoms with Gasteiger partial charge in [-0.05, 0) is 32.1 Å². The Kier molecular flexibility index (Phi) is 13.9. The van der Waals surface area contributed by atoms with Gasteiger partial charge in [-0.3, -0.25) is 9.59 Å². The van der Waals surface area contributed by atoms with Gasteiger partial charge < -0.3 is 30.2 Å². The number of carbonyl (C=O) groups is 2. The highest BCUT2D eigenvalue weighted by atomic mass is 16.5. The molecule has 0 radical (unpaired) electrons. The first kappa shape index (κ1) is 23.8. The zero-order chi connectivity index (χ0) is 19.7. The van der Waals surface area contributed by atoms with E-state index >= 15 is 0 Å². The normalized spacial score (nSPS) is 16.7. The van der Waals surface area contributed by atoms with Crippen LogP contribution in [0.3, 0.4) is 0 Å². The van der Waals surface area contributed by atoms with Crippen LogP contribution in [-0.2, 0) is 23.8 Å². The minimum Gasteiger partial charge on any atom is -0.382 e. The highest BCUT2D eigenvalue weighted by Gasteiger charge is 2.33. The fourth-order valence-electron chi connectivity index (χ4n) is 3.10. The van der Waals surface area contributed by atoms with Crippen molar-refractivity contribution in [3.05, 3.63) is 0 Å². The number of quaternary nitrogens is 1. The summed E-state index contributed by atoms with van der Waals surface area (Å²) in [5, 5.41) is 2.98. The zero-order valence-electron chi connectivity index (χ0n) is 16.9. The Balaban J connectivity index is 2.15. The van der Waals surface area contributed by atoms with Crippen molar-refractivity contribution in [1.29, 1.82) is 0 Å². The lowest BCUT2D eigenvalue weighted by Crippen LogP contribution is -2.50. The van der Waals surface area contributed by atoms with Crippen LogP contribution in [0, 0.1) is 0 Å². The molecule has 0 aliphatic carbocycles. The lowest BCUT2D eigenvalue weighted by atomic mass is 10.1. The molecular formula is C19H38N3O5+. The molecule has 0 spiro atoms. The molecule has 27 heavy (non-hydrogen) atoms. The van der Waals surface area contributed by atoms with E-state index in [1.165, 1.54) is 19.3 Å². The van der Waals surface area contributed by atoms with E-state index in [4.69, 9.17) is 14.2 Å². The van der Waals surface area contributed by atoms with Gasteiger partial charge in [0.15, 0.2) is 0 Å². The Hall–Kier alpha value is -1.22. The second-order valence-electron chi connectivity index (χ2n) is 6.82. The number of nitrogens with zero attached hydrogens (tertiary/aromatic N) is 1. The molecule has 1 unspecified atom stereocenters. The van der Waals surface area contributed by atoms with Crippen LogP contribution in [-0.4, -0.2) is 82.5 Å². The number of amides is 2. The van der Waals surface area contributed by atoms with Gasteiger partial charge in [0, 0.05) is 20.2 Å². The van der Waals surface area contributed by atoms with Crippen LogP contribution < -0.4 is 11.1 Å². The van der Waals surface area contributed by atoms with Gasteiger partial charge in [-0.15, -0.1) is 0 Å². The first-order chi connectivity index (χ1) is 13.2. The molecule has 158 valence electrons. The molecule has 1 aliphatic heterocycles. The monoisotopic (exact) mass is 388 g/mol. The maximum atomic E-state index is 12.4. The second kappa shape index (κ2) is 15.8. The molecule has 8 heteroatoms. The van der Waals surface area contributed by atoms with Crippen molar-refractivity contribution >= 4 is 11.8 Å². The van der Waals surface area contributed by atoms with Crippen LogP contribution in [0.2, 0.25) is 0 Å². The third-order valence-electron chi connectivity index (χ3n) is 4.63. The smallest absolute Gasteiger partial charge is 0.249 e. The first-order valence-corrected chi connectivity index (χ1v) is 10.2. The average Bonchev–Trinajstić information content (AvgIpc) is 3.16. The van der Waals surface area contributed by atoms with E-state index in [9.17, 15) is 9.59 Å². The minimum absolute atomic E-state index is 0.0102. The van der Waals surface area contributed by atoms with Crippen LogP contribution in [0.1, 0.15) is 44.9 Å². The molecule has 2 amide bonds. The topological polar surface area (TPSA) is 105 Å². The second-order valence-corrected chi connectivity index (χ2v) is 6.82.